The number of piperidine rings is 1. The van der Waals surface area contributed by atoms with Gasteiger partial charge in [-0.2, -0.15) is 0 Å². The van der Waals surface area contributed by atoms with E-state index in [-0.39, 0.29) is 5.91 Å². The molecule has 1 aliphatic rings. The molecule has 1 aromatic carbocycles. The monoisotopic (exact) mass is 290 g/mol. The molecule has 0 aromatic heterocycles. The highest BCUT2D eigenvalue weighted by molar-refractivity contribution is 5.98. The van der Waals surface area contributed by atoms with Gasteiger partial charge in [-0.1, -0.05) is 0 Å². The van der Waals surface area contributed by atoms with Crippen LogP contribution in [0.3, 0.4) is 0 Å². The van der Waals surface area contributed by atoms with Crippen molar-refractivity contribution in [2.45, 2.75) is 32.2 Å². The highest BCUT2D eigenvalue weighted by Crippen LogP contribution is 2.21. The zero-order valence-corrected chi connectivity index (χ0v) is 11.8. The normalized spacial score (nSPS) is 16.4. The number of aliphatic carboxylic acids is 1. The lowest BCUT2D eigenvalue weighted by molar-refractivity contribution is -0.138. The molecule has 0 bridgehead atoms. The average Bonchev–Trinajstić information content (AvgIpc) is 2.47. The van der Waals surface area contributed by atoms with E-state index in [9.17, 15) is 14.4 Å². The van der Waals surface area contributed by atoms with Gasteiger partial charge in [0.15, 0.2) is 0 Å². The molecule has 0 radical (unpaired) electrons. The summed E-state index contributed by atoms with van der Waals surface area (Å²) < 4.78 is 0. The summed E-state index contributed by atoms with van der Waals surface area (Å²) in [6.45, 7) is 2.10. The summed E-state index contributed by atoms with van der Waals surface area (Å²) in [4.78, 5) is 36.1. The van der Waals surface area contributed by atoms with E-state index in [1.54, 1.807) is 29.2 Å². The second-order valence-corrected chi connectivity index (χ2v) is 5.08. The molecule has 6 heteroatoms. The molecule has 1 fully saturated rings. The first-order chi connectivity index (χ1) is 9.99. The van der Waals surface area contributed by atoms with Gasteiger partial charge < -0.3 is 15.3 Å². The molecule has 2 amide bonds. The first-order valence-corrected chi connectivity index (χ1v) is 6.93. The molecule has 0 saturated carbocycles. The van der Waals surface area contributed by atoms with Gasteiger partial charge in [0, 0.05) is 24.2 Å². The molecule has 1 aliphatic heterocycles. The van der Waals surface area contributed by atoms with Crippen molar-refractivity contribution in [3.05, 3.63) is 29.8 Å². The molecule has 1 aromatic rings. The largest absolute Gasteiger partial charge is 0.480 e. The van der Waals surface area contributed by atoms with Gasteiger partial charge in [-0.05, 0) is 44.0 Å². The Balaban J connectivity index is 2.06. The van der Waals surface area contributed by atoms with E-state index in [1.165, 1.54) is 6.92 Å². The smallest absolute Gasteiger partial charge is 0.325 e. The summed E-state index contributed by atoms with van der Waals surface area (Å²) in [6, 6.07) is 5.68. The van der Waals surface area contributed by atoms with Crippen LogP contribution in [0, 0.1) is 0 Å². The zero-order valence-electron chi connectivity index (χ0n) is 11.8. The lowest BCUT2D eigenvalue weighted by Gasteiger charge is -2.26. The Bertz CT molecular complexity index is 553. The standard InChI is InChI=1S/C15H18N2O4/c1-10(15(20)21)16-14(19)11-5-7-12(8-6-11)17-9-3-2-4-13(17)18/h5-8,10H,2-4,9H2,1H3,(H,16,19)(H,20,21)/t10-/m1/s1. The van der Waals surface area contributed by atoms with E-state index < -0.39 is 17.9 Å². The molecular formula is C15H18N2O4. The molecule has 21 heavy (non-hydrogen) atoms. The summed E-state index contributed by atoms with van der Waals surface area (Å²) in [5.74, 6) is -1.43. The van der Waals surface area contributed by atoms with Crippen molar-refractivity contribution < 1.29 is 19.5 Å². The fourth-order valence-electron chi connectivity index (χ4n) is 2.21. The Hall–Kier alpha value is -2.37. The Morgan fingerprint density at radius 3 is 2.48 bits per heavy atom. The molecule has 0 spiro atoms. The van der Waals surface area contributed by atoms with E-state index in [4.69, 9.17) is 5.11 Å². The maximum atomic E-state index is 11.9. The van der Waals surface area contributed by atoms with Crippen LogP contribution in [-0.2, 0) is 9.59 Å². The predicted molar refractivity (Wildman–Crippen MR) is 77.2 cm³/mol. The van der Waals surface area contributed by atoms with Crippen molar-refractivity contribution in [1.29, 1.82) is 0 Å². The Morgan fingerprint density at radius 1 is 1.24 bits per heavy atom. The maximum absolute atomic E-state index is 11.9. The lowest BCUT2D eigenvalue weighted by Crippen LogP contribution is -2.38. The second kappa shape index (κ2) is 6.39. The van der Waals surface area contributed by atoms with Crippen LogP contribution in [0.1, 0.15) is 36.5 Å². The third-order valence-electron chi connectivity index (χ3n) is 3.48. The van der Waals surface area contributed by atoms with Crippen LogP contribution in [0.5, 0.6) is 0 Å². The molecule has 0 unspecified atom stereocenters. The van der Waals surface area contributed by atoms with Gasteiger partial charge in [0.25, 0.3) is 5.91 Å². The average molecular weight is 290 g/mol. The van der Waals surface area contributed by atoms with Gasteiger partial charge in [-0.25, -0.2) is 0 Å². The summed E-state index contributed by atoms with van der Waals surface area (Å²) >= 11 is 0. The molecular weight excluding hydrogens is 272 g/mol. The van der Waals surface area contributed by atoms with E-state index in [0.717, 1.165) is 18.5 Å². The van der Waals surface area contributed by atoms with E-state index >= 15 is 0 Å². The van der Waals surface area contributed by atoms with Gasteiger partial charge in [0.2, 0.25) is 5.91 Å². The van der Waals surface area contributed by atoms with Crippen LogP contribution in [0.4, 0.5) is 5.69 Å². The van der Waals surface area contributed by atoms with Gasteiger partial charge in [-0.15, -0.1) is 0 Å². The summed E-state index contributed by atoms with van der Waals surface area (Å²) in [7, 11) is 0. The maximum Gasteiger partial charge on any atom is 0.325 e. The van der Waals surface area contributed by atoms with Crippen LogP contribution in [0.15, 0.2) is 24.3 Å². The number of carbonyl (C=O) groups excluding carboxylic acids is 2. The van der Waals surface area contributed by atoms with Gasteiger partial charge in [0.1, 0.15) is 6.04 Å². The number of amides is 2. The number of benzene rings is 1. The number of nitrogens with zero attached hydrogens (tertiary/aromatic N) is 1. The number of carboxylic acid groups (broad SMARTS) is 1. The fraction of sp³-hybridized carbons (Fsp3) is 0.400. The molecule has 2 rings (SSSR count). The van der Waals surface area contributed by atoms with E-state index in [2.05, 4.69) is 5.32 Å². The van der Waals surface area contributed by atoms with Crippen molar-refractivity contribution >= 4 is 23.5 Å². The summed E-state index contributed by atoms with van der Waals surface area (Å²) in [6.07, 6.45) is 2.45. The highest BCUT2D eigenvalue weighted by atomic mass is 16.4. The zero-order chi connectivity index (χ0) is 15.4. The molecule has 2 N–H and O–H groups in total. The highest BCUT2D eigenvalue weighted by Gasteiger charge is 2.20. The van der Waals surface area contributed by atoms with Gasteiger partial charge >= 0.3 is 5.97 Å². The van der Waals surface area contributed by atoms with Crippen molar-refractivity contribution in [1.82, 2.24) is 5.32 Å². The minimum Gasteiger partial charge on any atom is -0.480 e. The number of hydrogen-bond donors (Lipinski definition) is 2. The molecule has 6 nitrogen and oxygen atoms in total. The van der Waals surface area contributed by atoms with Crippen molar-refractivity contribution in [3.8, 4) is 0 Å². The predicted octanol–water partition coefficient (Wildman–Crippen LogP) is 1.41. The Kier molecular flexibility index (Phi) is 4.57. The minimum absolute atomic E-state index is 0.0953. The number of hydrogen-bond acceptors (Lipinski definition) is 3. The number of carboxylic acids is 1. The van der Waals surface area contributed by atoms with Gasteiger partial charge in [-0.3, -0.25) is 14.4 Å². The number of nitrogens with one attached hydrogen (secondary N) is 1. The van der Waals surface area contributed by atoms with Crippen LogP contribution < -0.4 is 10.2 Å². The molecule has 112 valence electrons. The van der Waals surface area contributed by atoms with Crippen LogP contribution >= 0.6 is 0 Å². The third kappa shape index (κ3) is 3.59. The number of carbonyl (C=O) groups is 3. The first-order valence-electron chi connectivity index (χ1n) is 6.93. The van der Waals surface area contributed by atoms with Gasteiger partial charge in [0.05, 0.1) is 0 Å². The molecule has 0 aliphatic carbocycles. The SMILES string of the molecule is C[C@@H](NC(=O)c1ccc(N2CCCCC2=O)cc1)C(=O)O. The molecule has 1 heterocycles. The topological polar surface area (TPSA) is 86.7 Å². The van der Waals surface area contributed by atoms with Crippen molar-refractivity contribution in [3.63, 3.8) is 0 Å². The Morgan fingerprint density at radius 2 is 1.90 bits per heavy atom. The van der Waals surface area contributed by atoms with Crippen LogP contribution in [0.2, 0.25) is 0 Å². The number of anilines is 1. The van der Waals surface area contributed by atoms with Crippen molar-refractivity contribution in [2.75, 3.05) is 11.4 Å². The lowest BCUT2D eigenvalue weighted by atomic mass is 10.1. The molecule has 1 saturated heterocycles. The summed E-state index contributed by atoms with van der Waals surface area (Å²) in [5.41, 5.74) is 1.14. The summed E-state index contributed by atoms with van der Waals surface area (Å²) in [5, 5.41) is 11.1. The van der Waals surface area contributed by atoms with Crippen LogP contribution in [-0.4, -0.2) is 35.5 Å². The van der Waals surface area contributed by atoms with E-state index in [0.29, 0.717) is 18.5 Å². The fourth-order valence-corrected chi connectivity index (χ4v) is 2.21. The number of rotatable bonds is 4. The molecule has 1 atom stereocenters. The third-order valence-corrected chi connectivity index (χ3v) is 3.48. The van der Waals surface area contributed by atoms with E-state index in [1.807, 2.05) is 0 Å². The minimum atomic E-state index is -1.08. The van der Waals surface area contributed by atoms with Crippen molar-refractivity contribution in [2.24, 2.45) is 0 Å². The van der Waals surface area contributed by atoms with Crippen LogP contribution in [0.25, 0.3) is 0 Å². The second-order valence-electron chi connectivity index (χ2n) is 5.08. The quantitative estimate of drug-likeness (QED) is 0.877. The first kappa shape index (κ1) is 15.0. The Labute approximate surface area is 122 Å².